The van der Waals surface area contributed by atoms with E-state index in [1.807, 2.05) is 0 Å². The highest BCUT2D eigenvalue weighted by atomic mass is 16.5. The second-order valence-corrected chi connectivity index (χ2v) is 11.0. The summed E-state index contributed by atoms with van der Waals surface area (Å²) in [7, 11) is 0. The Morgan fingerprint density at radius 2 is 1.69 bits per heavy atom. The van der Waals surface area contributed by atoms with Crippen LogP contribution in [0, 0.1) is 5.41 Å². The first kappa shape index (κ1) is 22.3. The number of aliphatic hydroxyl groups is 1. The zero-order chi connectivity index (χ0) is 24.1. The van der Waals surface area contributed by atoms with E-state index in [0.717, 1.165) is 81.7 Å². The quantitative estimate of drug-likeness (QED) is 0.602. The van der Waals surface area contributed by atoms with Crippen LogP contribution in [0.2, 0.25) is 0 Å². The van der Waals surface area contributed by atoms with E-state index in [0.29, 0.717) is 12.0 Å². The first-order chi connectivity index (χ1) is 17.6. The molecule has 1 saturated carbocycles. The van der Waals surface area contributed by atoms with Gasteiger partial charge in [-0.1, -0.05) is 18.2 Å². The number of imidazole rings is 1. The number of fused-ring (bicyclic) bond motifs is 3. The molecule has 7 nitrogen and oxygen atoms in total. The fourth-order valence-corrected chi connectivity index (χ4v) is 6.45. The molecule has 2 saturated heterocycles. The lowest BCUT2D eigenvalue weighted by atomic mass is 9.61. The van der Waals surface area contributed by atoms with Gasteiger partial charge in [-0.3, -0.25) is 9.47 Å². The van der Waals surface area contributed by atoms with E-state index in [-0.39, 0.29) is 6.10 Å². The topological polar surface area (TPSA) is 63.0 Å². The van der Waals surface area contributed by atoms with Gasteiger partial charge >= 0.3 is 0 Å². The molecule has 1 N–H and O–H groups in total. The first-order valence-corrected chi connectivity index (χ1v) is 13.3. The van der Waals surface area contributed by atoms with Crippen LogP contribution in [-0.2, 0) is 17.9 Å². The zero-order valence-electron chi connectivity index (χ0n) is 20.7. The summed E-state index contributed by atoms with van der Waals surface area (Å²) in [5.74, 6) is 1.87. The molecule has 0 atom stereocenters. The van der Waals surface area contributed by atoms with Crippen molar-refractivity contribution in [1.82, 2.24) is 14.5 Å². The third-order valence-corrected chi connectivity index (χ3v) is 8.62. The molecule has 0 bridgehead atoms. The lowest BCUT2D eigenvalue weighted by Gasteiger charge is -2.51. The van der Waals surface area contributed by atoms with Gasteiger partial charge in [0.25, 0.3) is 0 Å². The predicted octanol–water partition coefficient (Wildman–Crippen LogP) is 4.01. The molecule has 188 valence electrons. The molecule has 3 fully saturated rings. The van der Waals surface area contributed by atoms with Crippen LogP contribution in [0.3, 0.4) is 0 Å². The number of rotatable bonds is 4. The molecule has 1 spiro atoms. The monoisotopic (exact) mass is 486 g/mol. The Morgan fingerprint density at radius 1 is 0.944 bits per heavy atom. The van der Waals surface area contributed by atoms with Gasteiger partial charge in [-0.2, -0.15) is 0 Å². The van der Waals surface area contributed by atoms with Crippen LogP contribution in [0.1, 0.15) is 37.2 Å². The van der Waals surface area contributed by atoms with Crippen LogP contribution in [-0.4, -0.2) is 65.1 Å². The number of benzene rings is 2. The summed E-state index contributed by atoms with van der Waals surface area (Å²) >= 11 is 0. The summed E-state index contributed by atoms with van der Waals surface area (Å²) in [6, 6.07) is 15.4. The Hall–Kier alpha value is -2.87. The molecule has 1 aliphatic carbocycles. The van der Waals surface area contributed by atoms with E-state index in [4.69, 9.17) is 14.5 Å². The summed E-state index contributed by atoms with van der Waals surface area (Å²) in [5.41, 5.74) is 6.21. The minimum atomic E-state index is -0.0612. The van der Waals surface area contributed by atoms with Crippen molar-refractivity contribution in [2.45, 2.75) is 44.9 Å². The molecule has 3 aromatic rings. The van der Waals surface area contributed by atoms with Crippen LogP contribution < -0.4 is 9.64 Å². The number of aliphatic hydroxyl groups excluding tert-OH is 1. The number of hydrogen-bond acceptors (Lipinski definition) is 6. The third kappa shape index (κ3) is 4.09. The van der Waals surface area contributed by atoms with Gasteiger partial charge in [-0.15, -0.1) is 0 Å². The summed E-state index contributed by atoms with van der Waals surface area (Å²) < 4.78 is 13.8. The van der Waals surface area contributed by atoms with Gasteiger partial charge in [0.2, 0.25) is 0 Å². The fourth-order valence-electron chi connectivity index (χ4n) is 6.45. The smallest absolute Gasteiger partial charge is 0.151 e. The summed E-state index contributed by atoms with van der Waals surface area (Å²) in [6.45, 7) is 7.02. The van der Waals surface area contributed by atoms with E-state index in [1.54, 1.807) is 0 Å². The highest BCUT2D eigenvalue weighted by Gasteiger charge is 2.45. The number of morpholine rings is 1. The maximum atomic E-state index is 9.74. The minimum absolute atomic E-state index is 0.0612. The molecular weight excluding hydrogens is 452 g/mol. The molecule has 4 aliphatic rings. The molecule has 7 heteroatoms. The Kier molecular flexibility index (Phi) is 5.53. The van der Waals surface area contributed by atoms with E-state index in [1.165, 1.54) is 29.7 Å². The average molecular weight is 487 g/mol. The second-order valence-electron chi connectivity index (χ2n) is 11.0. The summed E-state index contributed by atoms with van der Waals surface area (Å²) in [5, 5.41) is 9.74. The van der Waals surface area contributed by atoms with Crippen LogP contribution >= 0.6 is 0 Å². The molecule has 4 heterocycles. The number of anilines is 1. The number of piperidine rings is 1. The van der Waals surface area contributed by atoms with Crippen molar-refractivity contribution in [3.63, 3.8) is 0 Å². The third-order valence-electron chi connectivity index (χ3n) is 8.62. The van der Waals surface area contributed by atoms with Crippen LogP contribution in [0.15, 0.2) is 48.7 Å². The lowest BCUT2D eigenvalue weighted by molar-refractivity contribution is -0.0463. The van der Waals surface area contributed by atoms with Gasteiger partial charge in [0, 0.05) is 44.6 Å². The van der Waals surface area contributed by atoms with Crippen molar-refractivity contribution in [3.8, 4) is 22.6 Å². The van der Waals surface area contributed by atoms with Gasteiger partial charge in [0.15, 0.2) is 5.82 Å². The van der Waals surface area contributed by atoms with E-state index < -0.39 is 0 Å². The van der Waals surface area contributed by atoms with E-state index in [9.17, 15) is 5.11 Å². The molecule has 0 radical (unpaired) electrons. The van der Waals surface area contributed by atoms with Gasteiger partial charge in [-0.25, -0.2) is 4.98 Å². The van der Waals surface area contributed by atoms with Gasteiger partial charge in [-0.05, 0) is 66.5 Å². The van der Waals surface area contributed by atoms with Crippen molar-refractivity contribution in [1.29, 1.82) is 0 Å². The Morgan fingerprint density at radius 3 is 2.44 bits per heavy atom. The molecule has 2 aromatic carbocycles. The van der Waals surface area contributed by atoms with Gasteiger partial charge in [0.1, 0.15) is 12.4 Å². The molecule has 3 aliphatic heterocycles. The van der Waals surface area contributed by atoms with Crippen molar-refractivity contribution in [2.24, 2.45) is 5.41 Å². The van der Waals surface area contributed by atoms with Crippen molar-refractivity contribution >= 4 is 5.69 Å². The molecule has 7 rings (SSSR count). The molecule has 0 amide bonds. The standard InChI is InChI=1S/C29H34N4O3/c34-25-16-29(17-25)7-9-32(10-8-29)24-4-1-21(2-5-24)22-3-6-26-27(15-22)36-20-28-30-23(19-33(26)28)18-31-11-13-35-14-12-31/h1-6,15,19,25,34H,7-14,16-18,20H2. The number of aromatic nitrogens is 2. The number of nitrogens with zero attached hydrogens (tertiary/aromatic N) is 4. The Balaban J connectivity index is 1.05. The fraction of sp³-hybridized carbons (Fsp3) is 0.483. The molecule has 1 aromatic heterocycles. The lowest BCUT2D eigenvalue weighted by Crippen LogP contribution is -2.49. The van der Waals surface area contributed by atoms with Gasteiger partial charge < -0.3 is 19.5 Å². The predicted molar refractivity (Wildman–Crippen MR) is 139 cm³/mol. The normalized spacial score (nSPS) is 21.5. The SMILES string of the molecule is OC1CC2(CCN(c3ccc(-c4ccc5c(c4)OCc4nc(CN6CCOCC6)cn4-5)cc3)CC2)C1. The van der Waals surface area contributed by atoms with Gasteiger partial charge in [0.05, 0.1) is 30.7 Å². The van der Waals surface area contributed by atoms with Crippen LogP contribution in [0.4, 0.5) is 5.69 Å². The number of ether oxygens (including phenoxy) is 2. The van der Waals surface area contributed by atoms with E-state index >= 15 is 0 Å². The largest absolute Gasteiger partial charge is 0.483 e. The maximum Gasteiger partial charge on any atom is 0.151 e. The maximum absolute atomic E-state index is 9.74. The summed E-state index contributed by atoms with van der Waals surface area (Å²) in [6.07, 6.45) is 6.48. The second kappa shape index (κ2) is 8.91. The van der Waals surface area contributed by atoms with E-state index in [2.05, 4.69) is 63.0 Å². The average Bonchev–Trinajstić information content (AvgIpc) is 3.32. The van der Waals surface area contributed by atoms with Crippen molar-refractivity contribution in [2.75, 3.05) is 44.3 Å². The Labute approximate surface area is 212 Å². The zero-order valence-corrected chi connectivity index (χ0v) is 20.7. The highest BCUT2D eigenvalue weighted by Crippen LogP contribution is 2.49. The molecule has 36 heavy (non-hydrogen) atoms. The molecule has 0 unspecified atom stereocenters. The molecular formula is C29H34N4O3. The van der Waals surface area contributed by atoms with Crippen molar-refractivity contribution < 1.29 is 14.6 Å². The number of hydrogen-bond donors (Lipinski definition) is 1. The Bertz CT molecular complexity index is 1230. The van der Waals surface area contributed by atoms with Crippen molar-refractivity contribution in [3.05, 3.63) is 60.2 Å². The minimum Gasteiger partial charge on any atom is -0.483 e. The first-order valence-electron chi connectivity index (χ1n) is 13.3. The van der Waals surface area contributed by atoms with Crippen LogP contribution in [0.5, 0.6) is 5.75 Å². The summed E-state index contributed by atoms with van der Waals surface area (Å²) in [4.78, 5) is 9.72. The highest BCUT2D eigenvalue weighted by molar-refractivity contribution is 5.70. The van der Waals surface area contributed by atoms with Crippen LogP contribution in [0.25, 0.3) is 16.8 Å².